The number of benzene rings is 1. The van der Waals surface area contributed by atoms with Gasteiger partial charge in [-0.3, -0.25) is 19.4 Å². The first-order chi connectivity index (χ1) is 17.9. The summed E-state index contributed by atoms with van der Waals surface area (Å²) in [6.45, 7) is 4.40. The number of carbonyl (C=O) groups excluding carboxylic acids is 2. The predicted octanol–water partition coefficient (Wildman–Crippen LogP) is 4.47. The standard InChI is InChI=1S/C26H29ClN8O2/c1-4-18-23(27)24(33(3)32-18)26(37)34-13-9-8-12-20(34)19-15-22(30-29-19)28-25(36)21-14-16(2)31-35(21)17-10-6-5-7-11-17/h5-7,10-11,14-15,20H,4,8-9,12-13H2,1-3H3,(H2,28,29,30,36). The number of aryl methyl sites for hydroxylation is 3. The number of aromatic nitrogens is 6. The van der Waals surface area contributed by atoms with Gasteiger partial charge in [-0.25, -0.2) is 4.68 Å². The Kier molecular flexibility index (Phi) is 6.84. The highest BCUT2D eigenvalue weighted by molar-refractivity contribution is 6.34. The highest BCUT2D eigenvalue weighted by Gasteiger charge is 2.33. The van der Waals surface area contributed by atoms with Crippen LogP contribution in [0, 0.1) is 6.92 Å². The zero-order valence-corrected chi connectivity index (χ0v) is 21.8. The highest BCUT2D eigenvalue weighted by Crippen LogP contribution is 2.34. The minimum absolute atomic E-state index is 0.160. The third-order valence-electron chi connectivity index (χ3n) is 6.62. The summed E-state index contributed by atoms with van der Waals surface area (Å²) in [5.41, 5.74) is 3.78. The average molecular weight is 521 g/mol. The molecule has 192 valence electrons. The summed E-state index contributed by atoms with van der Waals surface area (Å²) in [6.07, 6.45) is 3.30. The molecule has 2 N–H and O–H groups in total. The molecule has 10 nitrogen and oxygen atoms in total. The first-order valence-electron chi connectivity index (χ1n) is 12.4. The van der Waals surface area contributed by atoms with Gasteiger partial charge < -0.3 is 10.2 Å². The first-order valence-corrected chi connectivity index (χ1v) is 12.8. The SMILES string of the molecule is CCc1nn(C)c(C(=O)N2CCCCC2c2cc(NC(=O)c3cc(C)nn3-c3ccccc3)n[nH]2)c1Cl. The first kappa shape index (κ1) is 24.8. The van der Waals surface area contributed by atoms with Gasteiger partial charge in [-0.1, -0.05) is 36.7 Å². The van der Waals surface area contributed by atoms with Crippen molar-refractivity contribution in [3.05, 3.63) is 76.0 Å². The summed E-state index contributed by atoms with van der Waals surface area (Å²) in [5.74, 6) is -0.108. The normalized spacial score (nSPS) is 15.7. The van der Waals surface area contributed by atoms with Crippen molar-refractivity contribution in [3.63, 3.8) is 0 Å². The van der Waals surface area contributed by atoms with Crippen LogP contribution in [0.2, 0.25) is 5.02 Å². The molecule has 3 aromatic heterocycles. The van der Waals surface area contributed by atoms with E-state index in [9.17, 15) is 9.59 Å². The van der Waals surface area contributed by atoms with Gasteiger partial charge in [0.1, 0.15) is 11.4 Å². The highest BCUT2D eigenvalue weighted by atomic mass is 35.5. The van der Waals surface area contributed by atoms with Crippen LogP contribution < -0.4 is 5.32 Å². The Morgan fingerprint density at radius 1 is 1.16 bits per heavy atom. The Morgan fingerprint density at radius 2 is 1.95 bits per heavy atom. The van der Waals surface area contributed by atoms with E-state index < -0.39 is 0 Å². The van der Waals surface area contributed by atoms with Gasteiger partial charge in [0.05, 0.1) is 33.8 Å². The number of anilines is 1. The van der Waals surface area contributed by atoms with Gasteiger partial charge in [0.15, 0.2) is 5.82 Å². The number of hydrogen-bond acceptors (Lipinski definition) is 5. The van der Waals surface area contributed by atoms with Crippen molar-refractivity contribution in [1.82, 2.24) is 34.7 Å². The van der Waals surface area contributed by atoms with Gasteiger partial charge >= 0.3 is 0 Å². The van der Waals surface area contributed by atoms with Gasteiger partial charge in [-0.2, -0.15) is 15.3 Å². The molecule has 1 aromatic carbocycles. The fraction of sp³-hybridized carbons (Fsp3) is 0.346. The number of piperidine rings is 1. The Bertz CT molecular complexity index is 1440. The van der Waals surface area contributed by atoms with Crippen LogP contribution >= 0.6 is 11.6 Å². The van der Waals surface area contributed by atoms with Crippen LogP contribution in [0.5, 0.6) is 0 Å². The molecule has 1 atom stereocenters. The monoisotopic (exact) mass is 520 g/mol. The topological polar surface area (TPSA) is 114 Å². The second kappa shape index (κ2) is 10.2. The number of aromatic amines is 1. The van der Waals surface area contributed by atoms with Crippen LogP contribution in [0.25, 0.3) is 5.69 Å². The minimum atomic E-state index is -0.326. The maximum absolute atomic E-state index is 13.6. The van der Waals surface area contributed by atoms with Crippen molar-refractivity contribution in [1.29, 1.82) is 0 Å². The van der Waals surface area contributed by atoms with Crippen molar-refractivity contribution in [2.45, 2.75) is 45.6 Å². The molecular formula is C26H29ClN8O2. The quantitative estimate of drug-likeness (QED) is 0.389. The number of hydrogen-bond donors (Lipinski definition) is 2. The molecule has 1 aliphatic heterocycles. The van der Waals surface area contributed by atoms with Crippen LogP contribution in [0.3, 0.4) is 0 Å². The van der Waals surface area contributed by atoms with E-state index in [2.05, 4.69) is 25.7 Å². The van der Waals surface area contributed by atoms with Crippen molar-refractivity contribution in [3.8, 4) is 5.69 Å². The molecule has 2 amide bonds. The number of rotatable bonds is 6. The van der Waals surface area contributed by atoms with E-state index >= 15 is 0 Å². The van der Waals surface area contributed by atoms with E-state index in [1.807, 2.05) is 49.1 Å². The third-order valence-corrected chi connectivity index (χ3v) is 7.02. The predicted molar refractivity (Wildman–Crippen MR) is 140 cm³/mol. The molecule has 0 bridgehead atoms. The Labute approximate surface area is 219 Å². The molecule has 0 saturated carbocycles. The Balaban J connectivity index is 1.37. The molecule has 5 rings (SSSR count). The van der Waals surface area contributed by atoms with E-state index in [1.165, 1.54) is 0 Å². The largest absolute Gasteiger partial charge is 0.329 e. The van der Waals surface area contributed by atoms with Crippen LogP contribution in [-0.2, 0) is 13.5 Å². The lowest BCUT2D eigenvalue weighted by atomic mass is 9.98. The van der Waals surface area contributed by atoms with E-state index in [1.54, 1.807) is 28.5 Å². The number of likely N-dealkylation sites (tertiary alicyclic amines) is 1. The van der Waals surface area contributed by atoms with E-state index in [4.69, 9.17) is 11.6 Å². The van der Waals surface area contributed by atoms with Gasteiger partial charge in [-0.15, -0.1) is 0 Å². The molecular weight excluding hydrogens is 492 g/mol. The van der Waals surface area contributed by atoms with Gasteiger partial charge in [0.2, 0.25) is 0 Å². The zero-order valence-electron chi connectivity index (χ0n) is 21.0. The van der Waals surface area contributed by atoms with Crippen LogP contribution in [0.4, 0.5) is 5.82 Å². The molecule has 4 heterocycles. The molecule has 1 unspecified atom stereocenters. The molecule has 1 fully saturated rings. The zero-order chi connectivity index (χ0) is 26.1. The molecule has 1 aliphatic rings. The Morgan fingerprint density at radius 3 is 2.68 bits per heavy atom. The third kappa shape index (κ3) is 4.76. The second-order valence-corrected chi connectivity index (χ2v) is 9.56. The summed E-state index contributed by atoms with van der Waals surface area (Å²) < 4.78 is 3.17. The number of carbonyl (C=O) groups is 2. The molecule has 0 radical (unpaired) electrons. The lowest BCUT2D eigenvalue weighted by Gasteiger charge is -2.35. The van der Waals surface area contributed by atoms with Crippen molar-refractivity contribution in [2.75, 3.05) is 11.9 Å². The molecule has 11 heteroatoms. The summed E-state index contributed by atoms with van der Waals surface area (Å²) in [4.78, 5) is 28.5. The lowest BCUT2D eigenvalue weighted by Crippen LogP contribution is -2.39. The van der Waals surface area contributed by atoms with Gasteiger partial charge in [0, 0.05) is 19.7 Å². The average Bonchev–Trinajstić information content (AvgIpc) is 3.61. The maximum Gasteiger partial charge on any atom is 0.275 e. The number of nitrogens with zero attached hydrogens (tertiary/aromatic N) is 6. The molecule has 0 spiro atoms. The number of nitrogens with one attached hydrogen (secondary N) is 2. The number of amides is 2. The van der Waals surface area contributed by atoms with E-state index in [0.29, 0.717) is 40.9 Å². The van der Waals surface area contributed by atoms with Crippen LogP contribution in [0.1, 0.15) is 70.3 Å². The van der Waals surface area contributed by atoms with Crippen molar-refractivity contribution >= 4 is 29.2 Å². The van der Waals surface area contributed by atoms with Gasteiger partial charge in [0.25, 0.3) is 11.8 Å². The number of halogens is 1. The number of para-hydroxylation sites is 1. The van der Waals surface area contributed by atoms with Crippen LogP contribution in [-0.4, -0.2) is 53.0 Å². The smallest absolute Gasteiger partial charge is 0.275 e. The number of H-pyrrole nitrogens is 1. The van der Waals surface area contributed by atoms with Crippen molar-refractivity contribution < 1.29 is 9.59 Å². The second-order valence-electron chi connectivity index (χ2n) is 9.18. The fourth-order valence-corrected chi connectivity index (χ4v) is 5.20. The lowest BCUT2D eigenvalue weighted by molar-refractivity contribution is 0.0594. The van der Waals surface area contributed by atoms with E-state index in [0.717, 1.165) is 36.3 Å². The Hall–Kier alpha value is -3.92. The van der Waals surface area contributed by atoms with E-state index in [-0.39, 0.29) is 17.9 Å². The summed E-state index contributed by atoms with van der Waals surface area (Å²) in [7, 11) is 1.74. The molecule has 0 aliphatic carbocycles. The molecule has 37 heavy (non-hydrogen) atoms. The minimum Gasteiger partial charge on any atom is -0.329 e. The summed E-state index contributed by atoms with van der Waals surface area (Å²) in [5, 5.41) is 19.5. The summed E-state index contributed by atoms with van der Waals surface area (Å²) in [6, 6.07) is 12.8. The van der Waals surface area contributed by atoms with Crippen LogP contribution in [0.15, 0.2) is 42.5 Å². The van der Waals surface area contributed by atoms with Crippen molar-refractivity contribution in [2.24, 2.45) is 7.05 Å². The fourth-order valence-electron chi connectivity index (χ4n) is 4.82. The molecule has 1 saturated heterocycles. The maximum atomic E-state index is 13.6. The van der Waals surface area contributed by atoms with Gasteiger partial charge in [-0.05, 0) is 50.8 Å². The summed E-state index contributed by atoms with van der Waals surface area (Å²) >= 11 is 6.51. The molecule has 4 aromatic rings.